The predicted molar refractivity (Wildman–Crippen MR) is 138 cm³/mol. The first kappa shape index (κ1) is 26.7. The molecule has 0 heterocycles. The van der Waals surface area contributed by atoms with E-state index in [1.165, 1.54) is 37.7 Å². The molecule has 3 aliphatic carbocycles. The average molecular weight is 459 g/mol. The summed E-state index contributed by atoms with van der Waals surface area (Å²) in [5, 5.41) is 10.2. The summed E-state index contributed by atoms with van der Waals surface area (Å²) in [6, 6.07) is 0. The summed E-state index contributed by atoms with van der Waals surface area (Å²) in [6.45, 7) is 14.1. The molecule has 3 fully saturated rings. The molecule has 33 heavy (non-hydrogen) atoms. The highest BCUT2D eigenvalue weighted by Gasteiger charge is 2.50. The number of fused-ring (bicyclic) bond motifs is 1. The van der Waals surface area contributed by atoms with Crippen LogP contribution in [0.15, 0.2) is 35.5 Å². The minimum absolute atomic E-state index is 0.147. The van der Waals surface area contributed by atoms with E-state index in [2.05, 4.69) is 65.8 Å². The molecule has 0 unspecified atom stereocenters. The Kier molecular flexibility index (Phi) is 9.08. The molecule has 3 heteroatoms. The molecule has 0 amide bonds. The second-order valence-electron chi connectivity index (χ2n) is 12.3. The molecule has 0 aromatic heterocycles. The lowest BCUT2D eigenvalue weighted by Crippen LogP contribution is -2.36. The molecule has 3 nitrogen and oxygen atoms in total. The van der Waals surface area contributed by atoms with Crippen LogP contribution in [0.5, 0.6) is 0 Å². The summed E-state index contributed by atoms with van der Waals surface area (Å²) in [6.07, 6.45) is 19.1. The monoisotopic (exact) mass is 458 g/mol. The molecular weight excluding hydrogens is 408 g/mol. The van der Waals surface area contributed by atoms with E-state index in [-0.39, 0.29) is 11.7 Å². The van der Waals surface area contributed by atoms with Gasteiger partial charge < -0.3 is 14.6 Å². The zero-order valence-electron chi connectivity index (χ0n) is 22.4. The van der Waals surface area contributed by atoms with Crippen LogP contribution >= 0.6 is 0 Å². The van der Waals surface area contributed by atoms with E-state index < -0.39 is 0 Å². The fourth-order valence-electron chi connectivity index (χ4n) is 7.02. The topological polar surface area (TPSA) is 38.7 Å². The first-order valence-corrected chi connectivity index (χ1v) is 13.4. The Hall–Kier alpha value is -0.900. The number of aliphatic hydroxyl groups is 1. The van der Waals surface area contributed by atoms with Gasteiger partial charge >= 0.3 is 0 Å². The second kappa shape index (κ2) is 11.2. The van der Waals surface area contributed by atoms with Crippen LogP contribution in [0.3, 0.4) is 0 Å². The minimum atomic E-state index is -0.229. The standard InChI is InChI=1S/C30H50O3/c1-21-17-24(19-26(31)18-21)12-13-25-9-8-16-30(6)27(14-15-28(25)30)22(2)10-11-23(3)29(4,5)33-20-32-7/h10-13,21-23,26-28,31H,8-9,14-20H2,1-7H3/b11-10+,24-12-,25-13+/t21-,22-,23+,26+,27-,28+,30-/m1/s1. The molecule has 3 saturated carbocycles. The summed E-state index contributed by atoms with van der Waals surface area (Å²) < 4.78 is 11.0. The van der Waals surface area contributed by atoms with Crippen LogP contribution in [-0.4, -0.2) is 30.7 Å². The molecule has 0 aromatic carbocycles. The Labute approximate surface area is 203 Å². The van der Waals surface area contributed by atoms with Crippen molar-refractivity contribution < 1.29 is 14.6 Å². The number of methoxy groups -OCH3 is 1. The zero-order valence-corrected chi connectivity index (χ0v) is 22.4. The Bertz CT molecular complexity index is 721. The second-order valence-corrected chi connectivity index (χ2v) is 12.3. The van der Waals surface area contributed by atoms with Gasteiger partial charge in [0.05, 0.1) is 11.7 Å². The fourth-order valence-corrected chi connectivity index (χ4v) is 7.02. The Morgan fingerprint density at radius 1 is 1.15 bits per heavy atom. The average Bonchev–Trinajstić information content (AvgIpc) is 3.11. The van der Waals surface area contributed by atoms with Crippen molar-refractivity contribution in [2.24, 2.45) is 35.0 Å². The number of aliphatic hydroxyl groups excluding tert-OH is 1. The van der Waals surface area contributed by atoms with Gasteiger partial charge in [0.2, 0.25) is 0 Å². The minimum Gasteiger partial charge on any atom is -0.393 e. The Balaban J connectivity index is 1.68. The van der Waals surface area contributed by atoms with E-state index >= 15 is 0 Å². The third-order valence-electron chi connectivity index (χ3n) is 9.34. The van der Waals surface area contributed by atoms with E-state index in [9.17, 15) is 5.11 Å². The molecule has 0 aliphatic heterocycles. The predicted octanol–water partition coefficient (Wildman–Crippen LogP) is 7.46. The van der Waals surface area contributed by atoms with Gasteiger partial charge in [0, 0.05) is 13.0 Å². The normalized spacial score (nSPS) is 37.6. The molecule has 3 aliphatic rings. The summed E-state index contributed by atoms with van der Waals surface area (Å²) in [5.41, 5.74) is 3.29. The maximum absolute atomic E-state index is 10.2. The highest BCUT2D eigenvalue weighted by atomic mass is 16.7. The third kappa shape index (κ3) is 6.41. The smallest absolute Gasteiger partial charge is 0.147 e. The van der Waals surface area contributed by atoms with Crippen molar-refractivity contribution >= 4 is 0 Å². The highest BCUT2D eigenvalue weighted by molar-refractivity contribution is 5.26. The zero-order chi connectivity index (χ0) is 24.2. The number of ether oxygens (including phenoxy) is 2. The van der Waals surface area contributed by atoms with Crippen molar-refractivity contribution in [2.75, 3.05) is 13.9 Å². The van der Waals surface area contributed by atoms with Gasteiger partial charge in [0.25, 0.3) is 0 Å². The molecule has 0 saturated heterocycles. The SMILES string of the molecule is COCOC(C)(C)[C@@H](C)/C=C/[C@@H](C)[C@H]1CC[C@H]2/C(=C/C=C3/C[C@@H](C)C[C@H](O)C3)CCC[C@]12C. The van der Waals surface area contributed by atoms with E-state index in [0.717, 1.165) is 25.2 Å². The third-order valence-corrected chi connectivity index (χ3v) is 9.34. The molecule has 0 aromatic rings. The van der Waals surface area contributed by atoms with Gasteiger partial charge in [-0.25, -0.2) is 0 Å². The molecule has 188 valence electrons. The van der Waals surface area contributed by atoms with Crippen molar-refractivity contribution in [2.45, 2.75) is 105 Å². The lowest BCUT2D eigenvalue weighted by molar-refractivity contribution is -0.128. The first-order valence-electron chi connectivity index (χ1n) is 13.4. The highest BCUT2D eigenvalue weighted by Crippen LogP contribution is 2.59. The summed E-state index contributed by atoms with van der Waals surface area (Å²) in [7, 11) is 1.68. The van der Waals surface area contributed by atoms with Gasteiger partial charge in [0.1, 0.15) is 6.79 Å². The van der Waals surface area contributed by atoms with Crippen LogP contribution < -0.4 is 0 Å². The lowest BCUT2D eigenvalue weighted by atomic mass is 9.61. The van der Waals surface area contributed by atoms with Crippen LogP contribution in [0.2, 0.25) is 0 Å². The van der Waals surface area contributed by atoms with Crippen molar-refractivity contribution in [3.8, 4) is 0 Å². The Morgan fingerprint density at radius 3 is 2.61 bits per heavy atom. The number of hydrogen-bond acceptors (Lipinski definition) is 3. The van der Waals surface area contributed by atoms with Crippen molar-refractivity contribution in [1.82, 2.24) is 0 Å². The van der Waals surface area contributed by atoms with Crippen molar-refractivity contribution in [3.05, 3.63) is 35.5 Å². The summed E-state index contributed by atoms with van der Waals surface area (Å²) in [5.74, 6) is 2.97. The molecular formula is C30H50O3. The maximum Gasteiger partial charge on any atom is 0.147 e. The van der Waals surface area contributed by atoms with E-state index in [0.29, 0.717) is 35.9 Å². The molecule has 0 spiro atoms. The summed E-state index contributed by atoms with van der Waals surface area (Å²) >= 11 is 0. The number of hydrogen-bond donors (Lipinski definition) is 1. The molecule has 7 atom stereocenters. The van der Waals surface area contributed by atoms with E-state index in [1.807, 2.05) is 0 Å². The van der Waals surface area contributed by atoms with Gasteiger partial charge in [-0.05, 0) is 94.3 Å². The van der Waals surface area contributed by atoms with Crippen LogP contribution in [-0.2, 0) is 9.47 Å². The van der Waals surface area contributed by atoms with Gasteiger partial charge in [-0.2, -0.15) is 0 Å². The number of allylic oxidation sites excluding steroid dienone is 4. The van der Waals surface area contributed by atoms with Crippen LogP contribution in [0.25, 0.3) is 0 Å². The fraction of sp³-hybridized carbons (Fsp3) is 0.800. The van der Waals surface area contributed by atoms with Crippen LogP contribution in [0.4, 0.5) is 0 Å². The lowest BCUT2D eigenvalue weighted by Gasteiger charge is -2.44. The van der Waals surface area contributed by atoms with Crippen molar-refractivity contribution in [1.29, 1.82) is 0 Å². The van der Waals surface area contributed by atoms with Crippen LogP contribution in [0, 0.1) is 35.0 Å². The Morgan fingerprint density at radius 2 is 1.91 bits per heavy atom. The summed E-state index contributed by atoms with van der Waals surface area (Å²) in [4.78, 5) is 0. The van der Waals surface area contributed by atoms with Gasteiger partial charge in [-0.1, -0.05) is 63.1 Å². The van der Waals surface area contributed by atoms with Crippen LogP contribution in [0.1, 0.15) is 92.9 Å². The quantitative estimate of drug-likeness (QED) is 0.303. The van der Waals surface area contributed by atoms with Gasteiger partial charge in [-0.3, -0.25) is 0 Å². The first-order chi connectivity index (χ1) is 15.6. The molecule has 1 N–H and O–H groups in total. The number of rotatable bonds is 8. The van der Waals surface area contributed by atoms with Crippen molar-refractivity contribution in [3.63, 3.8) is 0 Å². The molecule has 3 rings (SSSR count). The maximum atomic E-state index is 10.2. The van der Waals surface area contributed by atoms with Gasteiger partial charge in [-0.15, -0.1) is 0 Å². The van der Waals surface area contributed by atoms with Gasteiger partial charge in [0.15, 0.2) is 0 Å². The largest absolute Gasteiger partial charge is 0.393 e. The molecule has 0 bridgehead atoms. The van der Waals surface area contributed by atoms with E-state index in [1.54, 1.807) is 12.7 Å². The van der Waals surface area contributed by atoms with E-state index in [4.69, 9.17) is 9.47 Å². The molecule has 0 radical (unpaired) electrons.